The fourth-order valence-electron chi connectivity index (χ4n) is 2.76. The van der Waals surface area contributed by atoms with E-state index in [4.69, 9.17) is 4.52 Å². The number of aromatic nitrogens is 1. The summed E-state index contributed by atoms with van der Waals surface area (Å²) in [6, 6.07) is 0.390. The molecule has 0 bridgehead atoms. The van der Waals surface area contributed by atoms with Crippen LogP contribution in [0.3, 0.4) is 0 Å². The number of likely N-dealkylation sites (tertiary alicyclic amines) is 1. The second kappa shape index (κ2) is 5.63. The third-order valence-electron chi connectivity index (χ3n) is 3.93. The molecule has 1 saturated heterocycles. The Morgan fingerprint density at radius 3 is 2.84 bits per heavy atom. The minimum atomic E-state index is 0.0243. The summed E-state index contributed by atoms with van der Waals surface area (Å²) in [5, 5.41) is 6.88. The second-order valence-corrected chi connectivity index (χ2v) is 5.61. The molecule has 0 spiro atoms. The van der Waals surface area contributed by atoms with E-state index in [2.05, 4.69) is 24.3 Å². The largest absolute Gasteiger partial charge is 0.361 e. The van der Waals surface area contributed by atoms with E-state index in [0.717, 1.165) is 36.4 Å². The number of rotatable bonds is 3. The monoisotopic (exact) mass is 265 g/mol. The highest BCUT2D eigenvalue weighted by Crippen LogP contribution is 2.23. The molecule has 1 unspecified atom stereocenters. The first-order valence-corrected chi connectivity index (χ1v) is 6.97. The van der Waals surface area contributed by atoms with Crippen LogP contribution in [0.4, 0.5) is 4.79 Å². The van der Waals surface area contributed by atoms with E-state index in [1.54, 1.807) is 0 Å². The lowest BCUT2D eigenvalue weighted by Crippen LogP contribution is -2.44. The maximum atomic E-state index is 12.2. The number of nitrogens with one attached hydrogen (secondary N) is 1. The molecule has 0 saturated carbocycles. The molecule has 0 aromatic carbocycles. The Morgan fingerprint density at radius 1 is 1.53 bits per heavy atom. The lowest BCUT2D eigenvalue weighted by molar-refractivity contribution is 0.178. The second-order valence-electron chi connectivity index (χ2n) is 5.61. The summed E-state index contributed by atoms with van der Waals surface area (Å²) in [7, 11) is 0. The zero-order chi connectivity index (χ0) is 14.0. The van der Waals surface area contributed by atoms with Crippen molar-refractivity contribution >= 4 is 6.03 Å². The number of aryl methyl sites for hydroxylation is 2. The molecule has 2 amide bonds. The summed E-state index contributed by atoms with van der Waals surface area (Å²) < 4.78 is 5.10. The molecule has 5 nitrogen and oxygen atoms in total. The molecular weight excluding hydrogens is 242 g/mol. The third-order valence-corrected chi connectivity index (χ3v) is 3.93. The molecule has 19 heavy (non-hydrogen) atoms. The highest BCUT2D eigenvalue weighted by Gasteiger charge is 2.30. The molecule has 0 radical (unpaired) electrons. The van der Waals surface area contributed by atoms with Crippen molar-refractivity contribution in [1.82, 2.24) is 15.4 Å². The fraction of sp³-hybridized carbons (Fsp3) is 0.714. The van der Waals surface area contributed by atoms with Gasteiger partial charge in [0, 0.05) is 24.7 Å². The summed E-state index contributed by atoms with van der Waals surface area (Å²) >= 11 is 0. The predicted molar refractivity (Wildman–Crippen MR) is 72.8 cm³/mol. The lowest BCUT2D eigenvalue weighted by atomic mass is 10.0. The molecule has 2 rings (SSSR count). The van der Waals surface area contributed by atoms with E-state index in [-0.39, 0.29) is 6.03 Å². The topological polar surface area (TPSA) is 58.4 Å². The first kappa shape index (κ1) is 13.9. The van der Waals surface area contributed by atoms with Crippen molar-refractivity contribution in [3.05, 3.63) is 17.0 Å². The van der Waals surface area contributed by atoms with Gasteiger partial charge in [-0.05, 0) is 32.6 Å². The molecule has 1 aliphatic heterocycles. The van der Waals surface area contributed by atoms with Gasteiger partial charge in [0.15, 0.2) is 0 Å². The summed E-state index contributed by atoms with van der Waals surface area (Å²) in [4.78, 5) is 14.2. The molecule has 1 N–H and O–H groups in total. The Balaban J connectivity index is 1.95. The van der Waals surface area contributed by atoms with Crippen molar-refractivity contribution in [2.24, 2.45) is 5.92 Å². The Morgan fingerprint density at radius 2 is 2.26 bits per heavy atom. The fourth-order valence-corrected chi connectivity index (χ4v) is 2.76. The molecule has 0 aliphatic carbocycles. The zero-order valence-corrected chi connectivity index (χ0v) is 12.2. The number of amides is 2. The number of hydrogen-bond acceptors (Lipinski definition) is 3. The van der Waals surface area contributed by atoms with Crippen molar-refractivity contribution in [2.45, 2.75) is 53.1 Å². The normalized spacial score (nSPS) is 19.2. The maximum Gasteiger partial charge on any atom is 0.317 e. The van der Waals surface area contributed by atoms with E-state index in [9.17, 15) is 4.79 Å². The Bertz CT molecular complexity index is 434. The number of hydrogen-bond donors (Lipinski definition) is 1. The van der Waals surface area contributed by atoms with Crippen molar-refractivity contribution in [3.63, 3.8) is 0 Å². The summed E-state index contributed by atoms with van der Waals surface area (Å²) in [6.07, 6.45) is 2.21. The van der Waals surface area contributed by atoms with Gasteiger partial charge in [0.1, 0.15) is 5.76 Å². The quantitative estimate of drug-likeness (QED) is 0.914. The van der Waals surface area contributed by atoms with Gasteiger partial charge in [-0.2, -0.15) is 0 Å². The van der Waals surface area contributed by atoms with Crippen LogP contribution < -0.4 is 5.32 Å². The van der Waals surface area contributed by atoms with Crippen molar-refractivity contribution in [3.8, 4) is 0 Å². The van der Waals surface area contributed by atoms with Crippen LogP contribution in [-0.2, 0) is 6.54 Å². The summed E-state index contributed by atoms with van der Waals surface area (Å²) in [6.45, 7) is 9.45. The predicted octanol–water partition coefficient (Wildman–Crippen LogP) is 2.62. The van der Waals surface area contributed by atoms with Crippen molar-refractivity contribution in [2.75, 3.05) is 6.54 Å². The number of carbonyl (C=O) groups excluding carboxylic acids is 1. The Hall–Kier alpha value is -1.52. The van der Waals surface area contributed by atoms with Gasteiger partial charge in [0.05, 0.1) is 5.69 Å². The molecule has 1 atom stereocenters. The van der Waals surface area contributed by atoms with E-state index < -0.39 is 0 Å². The summed E-state index contributed by atoms with van der Waals surface area (Å²) in [5.41, 5.74) is 1.83. The van der Waals surface area contributed by atoms with Gasteiger partial charge in [-0.15, -0.1) is 0 Å². The van der Waals surface area contributed by atoms with Crippen LogP contribution in [-0.4, -0.2) is 28.7 Å². The van der Waals surface area contributed by atoms with Gasteiger partial charge in [0.25, 0.3) is 0 Å². The molecule has 2 heterocycles. The standard InChI is InChI=1S/C14H23N3O2/c1-9(2)13-6-5-7-17(13)14(18)15-8-12-10(3)16-19-11(12)4/h9,13H,5-8H2,1-4H3,(H,15,18). The molecule has 1 aromatic rings. The van der Waals surface area contributed by atoms with Gasteiger partial charge in [-0.1, -0.05) is 19.0 Å². The van der Waals surface area contributed by atoms with Crippen LogP contribution in [0.15, 0.2) is 4.52 Å². The minimum absolute atomic E-state index is 0.0243. The van der Waals surface area contributed by atoms with Crippen LogP contribution in [0.1, 0.15) is 43.7 Å². The van der Waals surface area contributed by atoms with Gasteiger partial charge >= 0.3 is 6.03 Å². The lowest BCUT2D eigenvalue weighted by Gasteiger charge is -2.27. The van der Waals surface area contributed by atoms with Crippen LogP contribution >= 0.6 is 0 Å². The molecule has 106 valence electrons. The van der Waals surface area contributed by atoms with Crippen LogP contribution in [0.2, 0.25) is 0 Å². The van der Waals surface area contributed by atoms with Crippen molar-refractivity contribution < 1.29 is 9.32 Å². The van der Waals surface area contributed by atoms with E-state index in [1.165, 1.54) is 0 Å². The van der Waals surface area contributed by atoms with Crippen molar-refractivity contribution in [1.29, 1.82) is 0 Å². The van der Waals surface area contributed by atoms with Crippen LogP contribution in [0.25, 0.3) is 0 Å². The smallest absolute Gasteiger partial charge is 0.317 e. The average Bonchev–Trinajstić information content (AvgIpc) is 2.95. The number of carbonyl (C=O) groups is 1. The van der Waals surface area contributed by atoms with E-state index in [1.807, 2.05) is 18.7 Å². The third kappa shape index (κ3) is 2.91. The highest BCUT2D eigenvalue weighted by molar-refractivity contribution is 5.75. The van der Waals surface area contributed by atoms with Crippen LogP contribution in [0, 0.1) is 19.8 Å². The highest BCUT2D eigenvalue weighted by atomic mass is 16.5. The van der Waals surface area contributed by atoms with E-state index >= 15 is 0 Å². The number of nitrogens with zero attached hydrogens (tertiary/aromatic N) is 2. The maximum absolute atomic E-state index is 12.2. The Labute approximate surface area is 114 Å². The first-order chi connectivity index (χ1) is 9.00. The molecule has 1 aliphatic rings. The van der Waals surface area contributed by atoms with E-state index in [0.29, 0.717) is 18.5 Å². The Kier molecular flexibility index (Phi) is 4.12. The SMILES string of the molecule is Cc1noc(C)c1CNC(=O)N1CCCC1C(C)C. The first-order valence-electron chi connectivity index (χ1n) is 6.97. The molecule has 5 heteroatoms. The summed E-state index contributed by atoms with van der Waals surface area (Å²) in [5.74, 6) is 1.28. The number of urea groups is 1. The minimum Gasteiger partial charge on any atom is -0.361 e. The van der Waals surface area contributed by atoms with Gasteiger partial charge < -0.3 is 14.7 Å². The van der Waals surface area contributed by atoms with Crippen LogP contribution in [0.5, 0.6) is 0 Å². The average molecular weight is 265 g/mol. The van der Waals surface area contributed by atoms with Gasteiger partial charge in [-0.3, -0.25) is 0 Å². The molecular formula is C14H23N3O2. The van der Waals surface area contributed by atoms with Gasteiger partial charge in [0.2, 0.25) is 0 Å². The van der Waals surface area contributed by atoms with Gasteiger partial charge in [-0.25, -0.2) is 4.79 Å². The molecule has 1 fully saturated rings. The zero-order valence-electron chi connectivity index (χ0n) is 12.2. The molecule has 1 aromatic heterocycles.